The Morgan fingerprint density at radius 3 is 2.10 bits per heavy atom. The van der Waals surface area contributed by atoms with E-state index in [1.807, 2.05) is 0 Å². The average Bonchev–Trinajstić information content (AvgIpc) is 3.57. The zero-order valence-electron chi connectivity index (χ0n) is 28.2. The molecule has 4 nitrogen and oxygen atoms in total. The van der Waals surface area contributed by atoms with Crippen LogP contribution in [0.4, 0.5) is 0 Å². The number of aryl methyl sites for hydroxylation is 1. The second kappa shape index (κ2) is 12.3. The monoisotopic (exact) mass is 646 g/mol. The molecule has 2 heterocycles. The van der Waals surface area contributed by atoms with Crippen LogP contribution >= 0.6 is 0 Å². The summed E-state index contributed by atoms with van der Waals surface area (Å²) in [5.74, 6) is 1.84. The molecule has 0 saturated carbocycles. The van der Waals surface area contributed by atoms with E-state index in [9.17, 15) is 0 Å². The highest BCUT2D eigenvalue weighted by Gasteiger charge is 2.21. The highest BCUT2D eigenvalue weighted by molar-refractivity contribution is 6.10. The number of nitrogens with zero attached hydrogens (tertiary/aromatic N) is 3. The van der Waals surface area contributed by atoms with Crippen LogP contribution in [0.1, 0.15) is 13.3 Å². The minimum absolute atomic E-state index is 0.913. The number of methoxy groups -OCH3 is 1. The molecule has 2 aromatic heterocycles. The number of ether oxygens (including phenoxy) is 1. The normalized spacial score (nSPS) is 11.6. The van der Waals surface area contributed by atoms with E-state index in [1.54, 1.807) is 7.11 Å². The highest BCUT2D eigenvalue weighted by atomic mass is 16.5. The molecule has 0 atom stereocenters. The Labute approximate surface area is 291 Å². The highest BCUT2D eigenvalue weighted by Crippen LogP contribution is 2.41. The first-order valence-corrected chi connectivity index (χ1v) is 17.3. The van der Waals surface area contributed by atoms with Gasteiger partial charge in [-0.1, -0.05) is 91.9 Å². The van der Waals surface area contributed by atoms with E-state index in [-0.39, 0.29) is 0 Å². The third-order valence-corrected chi connectivity index (χ3v) is 9.84. The summed E-state index contributed by atoms with van der Waals surface area (Å²) in [6.07, 6.45) is 3.21. The lowest BCUT2D eigenvalue weighted by atomic mass is 9.91. The molecule has 0 aliphatic heterocycles. The Morgan fingerprint density at radius 1 is 0.600 bits per heavy atom. The number of aromatic nitrogens is 3. The van der Waals surface area contributed by atoms with Gasteiger partial charge in [0.2, 0.25) is 0 Å². The van der Waals surface area contributed by atoms with Crippen molar-refractivity contribution in [3.63, 3.8) is 0 Å². The van der Waals surface area contributed by atoms with Crippen molar-refractivity contribution in [2.75, 3.05) is 7.11 Å². The third kappa shape index (κ3) is 4.91. The molecule has 0 radical (unpaired) electrons. The van der Waals surface area contributed by atoms with Gasteiger partial charge in [0.15, 0.2) is 11.9 Å². The minimum Gasteiger partial charge on any atom is -0.490 e. The van der Waals surface area contributed by atoms with Crippen LogP contribution in [-0.4, -0.2) is 16.7 Å². The van der Waals surface area contributed by atoms with E-state index in [1.165, 1.54) is 38.1 Å². The molecular formula is C46H36N3O+. The Bertz CT molecular complexity index is 2710. The quantitative estimate of drug-likeness (QED) is 0.127. The lowest BCUT2D eigenvalue weighted by Gasteiger charge is -2.15. The molecule has 240 valence electrons. The molecule has 0 bridgehead atoms. The van der Waals surface area contributed by atoms with E-state index >= 15 is 0 Å². The summed E-state index contributed by atoms with van der Waals surface area (Å²) in [5.41, 5.74) is 10.0. The van der Waals surface area contributed by atoms with Crippen molar-refractivity contribution in [1.29, 1.82) is 0 Å². The van der Waals surface area contributed by atoms with E-state index in [2.05, 4.69) is 174 Å². The molecule has 0 unspecified atom stereocenters. The van der Waals surface area contributed by atoms with Crippen molar-refractivity contribution in [3.05, 3.63) is 158 Å². The van der Waals surface area contributed by atoms with Crippen molar-refractivity contribution in [3.8, 4) is 45.1 Å². The molecule has 0 spiro atoms. The van der Waals surface area contributed by atoms with E-state index in [0.29, 0.717) is 0 Å². The van der Waals surface area contributed by atoms with Crippen LogP contribution in [0.3, 0.4) is 0 Å². The maximum atomic E-state index is 6.19. The van der Waals surface area contributed by atoms with Crippen molar-refractivity contribution in [2.45, 2.75) is 19.9 Å². The number of para-hydroxylation sites is 3. The van der Waals surface area contributed by atoms with Crippen molar-refractivity contribution >= 4 is 43.5 Å². The first kappa shape index (κ1) is 29.8. The maximum Gasteiger partial charge on any atom is 0.255 e. The Balaban J connectivity index is 1.20. The molecule has 4 heteroatoms. The van der Waals surface area contributed by atoms with Gasteiger partial charge in [-0.2, -0.15) is 4.57 Å². The first-order valence-electron chi connectivity index (χ1n) is 17.3. The van der Waals surface area contributed by atoms with Gasteiger partial charge in [-0.3, -0.25) is 4.57 Å². The zero-order valence-corrected chi connectivity index (χ0v) is 28.2. The number of imidazole rings is 1. The summed E-state index contributed by atoms with van der Waals surface area (Å²) in [6, 6.07) is 54.3. The number of hydrogen-bond donors (Lipinski definition) is 0. The maximum absolute atomic E-state index is 6.19. The first-order chi connectivity index (χ1) is 24.7. The van der Waals surface area contributed by atoms with Crippen LogP contribution in [0.25, 0.3) is 82.8 Å². The molecule has 0 amide bonds. The predicted molar refractivity (Wildman–Crippen MR) is 207 cm³/mol. The van der Waals surface area contributed by atoms with Crippen molar-refractivity contribution in [1.82, 2.24) is 9.55 Å². The Kier molecular flexibility index (Phi) is 7.35. The van der Waals surface area contributed by atoms with Gasteiger partial charge in [0, 0.05) is 29.3 Å². The molecule has 0 saturated heterocycles. The number of hydrogen-bond acceptors (Lipinski definition) is 2. The van der Waals surface area contributed by atoms with Crippen LogP contribution in [0.5, 0.6) is 5.75 Å². The lowest BCUT2D eigenvalue weighted by Crippen LogP contribution is -2.34. The summed E-state index contributed by atoms with van der Waals surface area (Å²) in [6.45, 7) is 3.15. The molecule has 9 aromatic rings. The van der Waals surface area contributed by atoms with Crippen molar-refractivity contribution < 1.29 is 9.30 Å². The fraction of sp³-hybridized carbons (Fsp3) is 0.0870. The summed E-state index contributed by atoms with van der Waals surface area (Å²) in [5, 5.41) is 6.00. The Hall–Kier alpha value is -6.26. The van der Waals surface area contributed by atoms with Crippen LogP contribution in [0.15, 0.2) is 158 Å². The topological polar surface area (TPSA) is 30.9 Å². The summed E-state index contributed by atoms with van der Waals surface area (Å²) >= 11 is 0. The minimum atomic E-state index is 0.913. The van der Waals surface area contributed by atoms with Gasteiger partial charge in [0.1, 0.15) is 12.4 Å². The van der Waals surface area contributed by atoms with Gasteiger partial charge in [-0.25, -0.2) is 4.98 Å². The van der Waals surface area contributed by atoms with Crippen molar-refractivity contribution in [2.24, 2.45) is 0 Å². The van der Waals surface area contributed by atoms with Crippen LogP contribution < -0.4 is 9.30 Å². The van der Waals surface area contributed by atoms with Crippen LogP contribution in [-0.2, 0) is 6.54 Å². The number of fused-ring (bicyclic) bond motifs is 4. The second-order valence-corrected chi connectivity index (χ2v) is 12.9. The molecular weight excluding hydrogens is 611 g/mol. The zero-order chi connectivity index (χ0) is 33.6. The predicted octanol–water partition coefficient (Wildman–Crippen LogP) is 11.2. The number of pyridine rings is 1. The van der Waals surface area contributed by atoms with E-state index in [4.69, 9.17) is 9.72 Å². The van der Waals surface area contributed by atoms with Gasteiger partial charge in [0.25, 0.3) is 5.52 Å². The SMILES string of the molecule is CCC[n+]1cccc2ccc(-c3cccc4cc5c(-c6cccc(-c7nc8ccccc8n7-c7ccccc7)c6)cccc5cc34)c(OC)c21. The van der Waals surface area contributed by atoms with E-state index in [0.717, 1.165) is 63.5 Å². The summed E-state index contributed by atoms with van der Waals surface area (Å²) in [7, 11) is 1.79. The smallest absolute Gasteiger partial charge is 0.255 e. The fourth-order valence-electron chi connectivity index (χ4n) is 7.61. The van der Waals surface area contributed by atoms with Gasteiger partial charge in [-0.05, 0) is 98.9 Å². The molecule has 9 rings (SSSR count). The largest absolute Gasteiger partial charge is 0.490 e. The molecule has 0 aliphatic carbocycles. The fourth-order valence-corrected chi connectivity index (χ4v) is 7.61. The third-order valence-electron chi connectivity index (χ3n) is 9.84. The molecule has 7 aromatic carbocycles. The second-order valence-electron chi connectivity index (χ2n) is 12.9. The van der Waals surface area contributed by atoms with Gasteiger partial charge >= 0.3 is 0 Å². The molecule has 0 aliphatic rings. The lowest BCUT2D eigenvalue weighted by molar-refractivity contribution is -0.671. The summed E-state index contributed by atoms with van der Waals surface area (Å²) < 4.78 is 10.8. The number of benzene rings is 7. The van der Waals surface area contributed by atoms with E-state index < -0.39 is 0 Å². The van der Waals surface area contributed by atoms with Crippen LogP contribution in [0.2, 0.25) is 0 Å². The van der Waals surface area contributed by atoms with Gasteiger partial charge in [0.05, 0.1) is 23.5 Å². The van der Waals surface area contributed by atoms with Gasteiger partial charge in [-0.15, -0.1) is 0 Å². The Morgan fingerprint density at radius 2 is 1.30 bits per heavy atom. The van der Waals surface area contributed by atoms with Crippen LogP contribution in [0, 0.1) is 0 Å². The summed E-state index contributed by atoms with van der Waals surface area (Å²) in [4.78, 5) is 5.14. The number of rotatable bonds is 7. The molecule has 50 heavy (non-hydrogen) atoms. The molecule has 0 fully saturated rings. The standard InChI is InChI=1S/C46H36N3O/c1-3-26-48-27-12-17-31-24-25-39(45(50-2)44(31)48)38-21-11-15-34-29-40-33(30-41(34)38)14-10-20-37(40)32-13-9-16-35(28-32)46-47-42-22-7-8-23-43(42)49(46)36-18-5-4-6-19-36/h4-25,27-30H,3,26H2,1-2H3/q+1. The van der Waals surface area contributed by atoms with Gasteiger partial charge < -0.3 is 4.74 Å². The molecule has 0 N–H and O–H groups in total. The average molecular weight is 647 g/mol.